The van der Waals surface area contributed by atoms with Crippen LogP contribution in [0.4, 0.5) is 14.6 Å². The summed E-state index contributed by atoms with van der Waals surface area (Å²) in [6, 6.07) is 11.8. The van der Waals surface area contributed by atoms with Crippen molar-refractivity contribution >= 4 is 23.6 Å². The van der Waals surface area contributed by atoms with E-state index in [1.807, 2.05) is 25.1 Å². The molecule has 162 valence electrons. The highest BCUT2D eigenvalue weighted by molar-refractivity contribution is 7.97. The average molecular weight is 445 g/mol. The standard InChI is InChI=1S/C22H21F2N3O3S/c1-13-9-15(4-6-17(13)21(28)31)18-11-20(27-12-26-18)25-8-7-14-3-5-16(30-22(23)24)10-19(14)29-2/h3-6,9-12,22H,7-8H2,1-2H3,(H,28,31)(H,25,26,27). The van der Waals surface area contributed by atoms with Crippen LogP contribution in [-0.2, 0) is 6.42 Å². The average Bonchev–Trinajstić information content (AvgIpc) is 2.74. The van der Waals surface area contributed by atoms with Crippen molar-refractivity contribution in [2.75, 3.05) is 19.0 Å². The lowest BCUT2D eigenvalue weighted by Gasteiger charge is -2.12. The van der Waals surface area contributed by atoms with Crippen LogP contribution in [0.15, 0.2) is 48.8 Å². The number of rotatable bonds is 9. The van der Waals surface area contributed by atoms with Crippen molar-refractivity contribution in [3.63, 3.8) is 0 Å². The molecule has 0 fully saturated rings. The number of halogens is 2. The van der Waals surface area contributed by atoms with Crippen molar-refractivity contribution in [2.45, 2.75) is 20.0 Å². The Morgan fingerprint density at radius 1 is 1.16 bits per heavy atom. The first-order valence-electron chi connectivity index (χ1n) is 9.39. The van der Waals surface area contributed by atoms with Crippen LogP contribution >= 0.6 is 12.6 Å². The van der Waals surface area contributed by atoms with Gasteiger partial charge in [-0.25, -0.2) is 9.97 Å². The van der Waals surface area contributed by atoms with Crippen LogP contribution in [0.3, 0.4) is 0 Å². The van der Waals surface area contributed by atoms with Crippen molar-refractivity contribution in [3.8, 4) is 22.8 Å². The van der Waals surface area contributed by atoms with Gasteiger partial charge in [-0.05, 0) is 42.7 Å². The van der Waals surface area contributed by atoms with Crippen LogP contribution in [-0.4, -0.2) is 35.3 Å². The molecule has 0 saturated heterocycles. The summed E-state index contributed by atoms with van der Waals surface area (Å²) in [6.45, 7) is -0.505. The summed E-state index contributed by atoms with van der Waals surface area (Å²) in [7, 11) is 1.48. The van der Waals surface area contributed by atoms with Gasteiger partial charge in [-0.15, -0.1) is 12.6 Å². The van der Waals surface area contributed by atoms with Gasteiger partial charge in [0.2, 0.25) is 5.12 Å². The molecular formula is C22H21F2N3O3S. The van der Waals surface area contributed by atoms with Crippen LogP contribution in [0.25, 0.3) is 11.3 Å². The summed E-state index contributed by atoms with van der Waals surface area (Å²) >= 11 is 3.87. The first-order chi connectivity index (χ1) is 14.9. The smallest absolute Gasteiger partial charge is 0.387 e. The minimum absolute atomic E-state index is 0.0462. The molecule has 0 aliphatic heterocycles. The molecule has 3 rings (SSSR count). The Morgan fingerprint density at radius 2 is 1.97 bits per heavy atom. The predicted molar refractivity (Wildman–Crippen MR) is 117 cm³/mol. The molecule has 0 atom stereocenters. The SMILES string of the molecule is COc1cc(OC(F)F)ccc1CCNc1cc(-c2ccc(C(=O)S)c(C)c2)ncn1. The Hall–Kier alpha value is -3.20. The minimum Gasteiger partial charge on any atom is -0.496 e. The van der Waals surface area contributed by atoms with E-state index in [1.54, 1.807) is 12.1 Å². The highest BCUT2D eigenvalue weighted by Gasteiger charge is 2.10. The van der Waals surface area contributed by atoms with Gasteiger partial charge >= 0.3 is 6.61 Å². The number of alkyl halides is 2. The first kappa shape index (κ1) is 22.5. The first-order valence-corrected chi connectivity index (χ1v) is 9.84. The normalized spacial score (nSPS) is 10.8. The number of hydrogen-bond donors (Lipinski definition) is 2. The Kier molecular flexibility index (Phi) is 7.41. The number of nitrogens with zero attached hydrogens (tertiary/aromatic N) is 2. The third kappa shape index (κ3) is 5.91. The number of anilines is 1. The number of carbonyl (C=O) groups excluding carboxylic acids is 1. The second-order valence-corrected chi connectivity index (χ2v) is 7.06. The number of nitrogens with one attached hydrogen (secondary N) is 1. The number of benzene rings is 2. The third-order valence-corrected chi connectivity index (χ3v) is 4.84. The molecule has 1 N–H and O–H groups in total. The number of carbonyl (C=O) groups is 1. The van der Waals surface area contributed by atoms with Crippen LogP contribution in [0, 0.1) is 6.92 Å². The van der Waals surface area contributed by atoms with Crippen LogP contribution < -0.4 is 14.8 Å². The number of hydrogen-bond acceptors (Lipinski definition) is 6. The maximum Gasteiger partial charge on any atom is 0.387 e. The van der Waals surface area contributed by atoms with E-state index in [0.29, 0.717) is 35.8 Å². The van der Waals surface area contributed by atoms with E-state index in [-0.39, 0.29) is 10.9 Å². The molecule has 1 heterocycles. The largest absolute Gasteiger partial charge is 0.496 e. The number of aryl methyl sites for hydroxylation is 1. The van der Waals surface area contributed by atoms with Crippen LogP contribution in [0.2, 0.25) is 0 Å². The quantitative estimate of drug-likeness (QED) is 0.462. The van der Waals surface area contributed by atoms with Gasteiger partial charge in [-0.3, -0.25) is 4.79 Å². The second-order valence-electron chi connectivity index (χ2n) is 6.65. The maximum absolute atomic E-state index is 12.4. The molecule has 0 bridgehead atoms. The van der Waals surface area contributed by atoms with Gasteiger partial charge in [0, 0.05) is 29.8 Å². The molecule has 9 heteroatoms. The third-order valence-electron chi connectivity index (χ3n) is 4.60. The number of ether oxygens (including phenoxy) is 2. The van der Waals surface area contributed by atoms with Crippen LogP contribution in [0.5, 0.6) is 11.5 Å². The van der Waals surface area contributed by atoms with Gasteiger partial charge in [-0.1, -0.05) is 12.1 Å². The van der Waals surface area contributed by atoms with Crippen LogP contribution in [0.1, 0.15) is 21.5 Å². The highest BCUT2D eigenvalue weighted by atomic mass is 32.1. The second kappa shape index (κ2) is 10.2. The van der Waals surface area contributed by atoms with E-state index in [0.717, 1.165) is 16.7 Å². The van der Waals surface area contributed by atoms with E-state index in [9.17, 15) is 13.6 Å². The fourth-order valence-corrected chi connectivity index (χ4v) is 3.36. The van der Waals surface area contributed by atoms with Crippen molar-refractivity contribution in [3.05, 3.63) is 65.5 Å². The predicted octanol–water partition coefficient (Wildman–Crippen LogP) is 4.79. The summed E-state index contributed by atoms with van der Waals surface area (Å²) < 4.78 is 34.4. The van der Waals surface area contributed by atoms with E-state index in [1.165, 1.54) is 25.6 Å². The lowest BCUT2D eigenvalue weighted by Crippen LogP contribution is -2.08. The molecule has 1 aromatic heterocycles. The molecule has 0 aliphatic rings. The topological polar surface area (TPSA) is 73.3 Å². The molecular weight excluding hydrogens is 424 g/mol. The van der Waals surface area contributed by atoms with Gasteiger partial charge in [0.25, 0.3) is 0 Å². The molecule has 0 spiro atoms. The number of methoxy groups -OCH3 is 1. The fourth-order valence-electron chi connectivity index (χ4n) is 3.11. The van der Waals surface area contributed by atoms with Gasteiger partial charge in [0.05, 0.1) is 12.8 Å². The molecule has 0 unspecified atom stereocenters. The summed E-state index contributed by atoms with van der Waals surface area (Å²) in [5.41, 5.74) is 3.78. The zero-order valence-electron chi connectivity index (χ0n) is 16.9. The number of thiol groups is 1. The van der Waals surface area contributed by atoms with Gasteiger partial charge < -0.3 is 14.8 Å². The van der Waals surface area contributed by atoms with Crippen molar-refractivity contribution < 1.29 is 23.0 Å². The highest BCUT2D eigenvalue weighted by Crippen LogP contribution is 2.27. The monoisotopic (exact) mass is 445 g/mol. The summed E-state index contributed by atoms with van der Waals surface area (Å²) in [4.78, 5) is 20.0. The lowest BCUT2D eigenvalue weighted by atomic mass is 10.0. The van der Waals surface area contributed by atoms with Gasteiger partial charge in [-0.2, -0.15) is 8.78 Å². The molecule has 0 radical (unpaired) electrons. The summed E-state index contributed by atoms with van der Waals surface area (Å²) in [6.07, 6.45) is 2.04. The Balaban J connectivity index is 1.67. The summed E-state index contributed by atoms with van der Waals surface area (Å²) in [5, 5.41) is 2.94. The summed E-state index contributed by atoms with van der Waals surface area (Å²) in [5.74, 6) is 1.15. The zero-order valence-corrected chi connectivity index (χ0v) is 17.8. The van der Waals surface area contributed by atoms with E-state index >= 15 is 0 Å². The molecule has 3 aromatic rings. The number of aromatic nitrogens is 2. The van der Waals surface area contributed by atoms with Crippen molar-refractivity contribution in [2.24, 2.45) is 0 Å². The fraction of sp³-hybridized carbons (Fsp3) is 0.227. The maximum atomic E-state index is 12.4. The molecule has 31 heavy (non-hydrogen) atoms. The molecule has 0 amide bonds. The molecule has 2 aromatic carbocycles. The Bertz CT molecular complexity index is 1080. The zero-order chi connectivity index (χ0) is 22.4. The Labute approximate surface area is 184 Å². The molecule has 0 saturated carbocycles. The molecule has 6 nitrogen and oxygen atoms in total. The van der Waals surface area contributed by atoms with Crippen molar-refractivity contribution in [1.82, 2.24) is 9.97 Å². The van der Waals surface area contributed by atoms with E-state index in [4.69, 9.17) is 4.74 Å². The lowest BCUT2D eigenvalue weighted by molar-refractivity contribution is -0.0499. The minimum atomic E-state index is -2.89. The van der Waals surface area contributed by atoms with Gasteiger partial charge in [0.15, 0.2) is 0 Å². The molecule has 0 aliphatic carbocycles. The Morgan fingerprint density at radius 3 is 2.65 bits per heavy atom. The van der Waals surface area contributed by atoms with Crippen molar-refractivity contribution in [1.29, 1.82) is 0 Å². The van der Waals surface area contributed by atoms with E-state index < -0.39 is 6.61 Å². The van der Waals surface area contributed by atoms with Gasteiger partial charge in [0.1, 0.15) is 23.6 Å². The van der Waals surface area contributed by atoms with E-state index in [2.05, 4.69) is 32.7 Å².